The molecule has 0 aliphatic heterocycles. The third-order valence-corrected chi connectivity index (χ3v) is 3.70. The highest BCUT2D eigenvalue weighted by molar-refractivity contribution is 4.80. The zero-order valence-corrected chi connectivity index (χ0v) is 10.9. The molecule has 3 nitrogen and oxygen atoms in total. The lowest BCUT2D eigenvalue weighted by Gasteiger charge is -2.25. The summed E-state index contributed by atoms with van der Waals surface area (Å²) in [6.45, 7) is 6.23. The average molecular weight is 229 g/mol. The topological polar surface area (TPSA) is 41.5 Å². The Hall–Kier alpha value is -0.120. The minimum absolute atomic E-state index is 0.0808. The van der Waals surface area contributed by atoms with E-state index in [1.807, 2.05) is 0 Å². The Bertz CT molecular complexity index is 185. The molecular weight excluding hydrogens is 202 g/mol. The van der Waals surface area contributed by atoms with Crippen LogP contribution < -0.4 is 5.32 Å². The normalized spacial score (nSPS) is 27.6. The molecule has 1 aliphatic rings. The molecule has 0 radical (unpaired) electrons. The van der Waals surface area contributed by atoms with E-state index in [0.717, 1.165) is 26.0 Å². The van der Waals surface area contributed by atoms with Gasteiger partial charge in [0.2, 0.25) is 0 Å². The molecule has 0 spiro atoms. The van der Waals surface area contributed by atoms with Gasteiger partial charge in [-0.3, -0.25) is 0 Å². The largest absolute Gasteiger partial charge is 0.393 e. The van der Waals surface area contributed by atoms with Crippen LogP contribution in [0.2, 0.25) is 0 Å². The van der Waals surface area contributed by atoms with E-state index in [1.54, 1.807) is 7.11 Å². The second kappa shape index (κ2) is 7.25. The fourth-order valence-corrected chi connectivity index (χ4v) is 2.47. The Morgan fingerprint density at radius 2 is 2.12 bits per heavy atom. The van der Waals surface area contributed by atoms with Crippen LogP contribution in [0.25, 0.3) is 0 Å². The van der Waals surface area contributed by atoms with Crippen LogP contribution in [0.4, 0.5) is 0 Å². The molecule has 16 heavy (non-hydrogen) atoms. The van der Waals surface area contributed by atoms with Crippen molar-refractivity contribution in [2.24, 2.45) is 11.8 Å². The number of methoxy groups -OCH3 is 1. The molecule has 0 amide bonds. The molecule has 0 aromatic carbocycles. The van der Waals surface area contributed by atoms with Gasteiger partial charge in [-0.15, -0.1) is 0 Å². The number of rotatable bonds is 7. The maximum Gasteiger partial charge on any atom is 0.0580 e. The van der Waals surface area contributed by atoms with Crippen LogP contribution in [0.15, 0.2) is 0 Å². The van der Waals surface area contributed by atoms with E-state index in [0.29, 0.717) is 17.9 Å². The monoisotopic (exact) mass is 229 g/mol. The predicted molar refractivity (Wildman–Crippen MR) is 66.5 cm³/mol. The first-order valence-electron chi connectivity index (χ1n) is 6.55. The summed E-state index contributed by atoms with van der Waals surface area (Å²) in [6.07, 6.45) is 4.30. The highest BCUT2D eigenvalue weighted by Crippen LogP contribution is 2.25. The van der Waals surface area contributed by atoms with E-state index in [1.165, 1.54) is 12.8 Å². The highest BCUT2D eigenvalue weighted by atomic mass is 16.5. The number of aliphatic hydroxyl groups excluding tert-OH is 1. The Morgan fingerprint density at radius 3 is 2.62 bits per heavy atom. The van der Waals surface area contributed by atoms with Crippen molar-refractivity contribution in [2.45, 2.75) is 51.7 Å². The Morgan fingerprint density at radius 1 is 1.38 bits per heavy atom. The van der Waals surface area contributed by atoms with Crippen molar-refractivity contribution in [3.05, 3.63) is 0 Å². The van der Waals surface area contributed by atoms with Crippen LogP contribution >= 0.6 is 0 Å². The zero-order chi connectivity index (χ0) is 12.0. The Kier molecular flexibility index (Phi) is 6.32. The molecule has 1 saturated carbocycles. The lowest BCUT2D eigenvalue weighted by Crippen LogP contribution is -2.39. The van der Waals surface area contributed by atoms with Crippen molar-refractivity contribution in [1.82, 2.24) is 5.32 Å². The van der Waals surface area contributed by atoms with Gasteiger partial charge in [-0.2, -0.15) is 0 Å². The average Bonchev–Trinajstić information content (AvgIpc) is 2.64. The molecule has 96 valence electrons. The summed E-state index contributed by atoms with van der Waals surface area (Å²) in [4.78, 5) is 0. The van der Waals surface area contributed by atoms with Gasteiger partial charge < -0.3 is 15.2 Å². The molecule has 1 rings (SSSR count). The molecule has 1 fully saturated rings. The number of nitrogens with one attached hydrogen (secondary N) is 1. The second-order valence-electron chi connectivity index (χ2n) is 5.30. The fourth-order valence-electron chi connectivity index (χ4n) is 2.47. The third kappa shape index (κ3) is 4.40. The Balaban J connectivity index is 2.25. The first-order chi connectivity index (χ1) is 7.65. The molecule has 2 N–H and O–H groups in total. The van der Waals surface area contributed by atoms with Crippen LogP contribution in [0, 0.1) is 11.8 Å². The van der Waals surface area contributed by atoms with Crippen LogP contribution in [0.5, 0.6) is 0 Å². The van der Waals surface area contributed by atoms with Crippen molar-refractivity contribution in [2.75, 3.05) is 20.3 Å². The summed E-state index contributed by atoms with van der Waals surface area (Å²) in [5.74, 6) is 1.08. The minimum Gasteiger partial charge on any atom is -0.393 e. The van der Waals surface area contributed by atoms with E-state index in [-0.39, 0.29) is 6.10 Å². The molecule has 0 saturated heterocycles. The van der Waals surface area contributed by atoms with E-state index >= 15 is 0 Å². The van der Waals surface area contributed by atoms with Gasteiger partial charge in [-0.25, -0.2) is 0 Å². The van der Waals surface area contributed by atoms with E-state index in [9.17, 15) is 5.11 Å². The molecule has 0 aromatic heterocycles. The smallest absolute Gasteiger partial charge is 0.0580 e. The highest BCUT2D eigenvalue weighted by Gasteiger charge is 2.25. The fraction of sp³-hybridized carbons (Fsp3) is 1.00. The summed E-state index contributed by atoms with van der Waals surface area (Å²) in [7, 11) is 1.75. The van der Waals surface area contributed by atoms with Crippen LogP contribution in [0.3, 0.4) is 0 Å². The summed E-state index contributed by atoms with van der Waals surface area (Å²) in [5, 5.41) is 13.3. The summed E-state index contributed by atoms with van der Waals surface area (Å²) in [5.41, 5.74) is 0. The van der Waals surface area contributed by atoms with Gasteiger partial charge in [0, 0.05) is 26.3 Å². The van der Waals surface area contributed by atoms with Crippen LogP contribution in [-0.2, 0) is 4.74 Å². The van der Waals surface area contributed by atoms with Crippen LogP contribution in [0.1, 0.15) is 39.5 Å². The summed E-state index contributed by atoms with van der Waals surface area (Å²) in [6, 6.07) is 0.507. The second-order valence-corrected chi connectivity index (χ2v) is 5.30. The molecule has 3 heteroatoms. The standard InChI is InChI=1S/C13H27NO2/c1-10(2)12(7-8-16-3)14-9-11-5-4-6-13(11)15/h10-15H,4-9H2,1-3H3. The molecule has 0 aromatic rings. The first kappa shape index (κ1) is 13.9. The number of hydrogen-bond acceptors (Lipinski definition) is 3. The molecular formula is C13H27NO2. The number of hydrogen-bond donors (Lipinski definition) is 2. The van der Waals surface area contributed by atoms with Crippen molar-refractivity contribution < 1.29 is 9.84 Å². The summed E-state index contributed by atoms with van der Waals surface area (Å²) >= 11 is 0. The van der Waals surface area contributed by atoms with E-state index in [2.05, 4.69) is 19.2 Å². The van der Waals surface area contributed by atoms with Gasteiger partial charge in [0.15, 0.2) is 0 Å². The van der Waals surface area contributed by atoms with Crippen molar-refractivity contribution >= 4 is 0 Å². The van der Waals surface area contributed by atoms with Gasteiger partial charge in [0.05, 0.1) is 6.10 Å². The van der Waals surface area contributed by atoms with Gasteiger partial charge >= 0.3 is 0 Å². The SMILES string of the molecule is COCCC(NCC1CCCC1O)C(C)C. The van der Waals surface area contributed by atoms with Gasteiger partial charge in [0.25, 0.3) is 0 Å². The van der Waals surface area contributed by atoms with Crippen molar-refractivity contribution in [1.29, 1.82) is 0 Å². The van der Waals surface area contributed by atoms with E-state index in [4.69, 9.17) is 4.74 Å². The zero-order valence-electron chi connectivity index (χ0n) is 10.9. The van der Waals surface area contributed by atoms with Crippen molar-refractivity contribution in [3.8, 4) is 0 Å². The first-order valence-corrected chi connectivity index (χ1v) is 6.55. The molecule has 0 heterocycles. The number of ether oxygens (including phenoxy) is 1. The molecule has 1 aliphatic carbocycles. The lowest BCUT2D eigenvalue weighted by atomic mass is 9.99. The molecule has 3 atom stereocenters. The van der Waals surface area contributed by atoms with Gasteiger partial charge in [-0.05, 0) is 31.1 Å². The Labute approximate surface area is 99.6 Å². The lowest BCUT2D eigenvalue weighted by molar-refractivity contribution is 0.124. The molecule has 3 unspecified atom stereocenters. The number of aliphatic hydroxyl groups is 1. The van der Waals surface area contributed by atoms with Gasteiger partial charge in [-0.1, -0.05) is 20.3 Å². The van der Waals surface area contributed by atoms with Gasteiger partial charge in [0.1, 0.15) is 0 Å². The quantitative estimate of drug-likeness (QED) is 0.699. The van der Waals surface area contributed by atoms with Crippen molar-refractivity contribution in [3.63, 3.8) is 0 Å². The third-order valence-electron chi connectivity index (χ3n) is 3.70. The van der Waals surface area contributed by atoms with E-state index < -0.39 is 0 Å². The molecule has 0 bridgehead atoms. The minimum atomic E-state index is -0.0808. The van der Waals surface area contributed by atoms with Crippen LogP contribution in [-0.4, -0.2) is 37.5 Å². The maximum absolute atomic E-state index is 9.75. The predicted octanol–water partition coefficient (Wildman–Crippen LogP) is 1.80. The maximum atomic E-state index is 9.75. The summed E-state index contributed by atoms with van der Waals surface area (Å²) < 4.78 is 5.13.